The molecule has 2 rings (SSSR count). The highest BCUT2D eigenvalue weighted by Crippen LogP contribution is 2.22. The lowest BCUT2D eigenvalue weighted by Crippen LogP contribution is -2.32. The Hall–Kier alpha value is -1.81. The summed E-state index contributed by atoms with van der Waals surface area (Å²) < 4.78 is 27.0. The second-order valence-corrected chi connectivity index (χ2v) is 7.05. The van der Waals surface area contributed by atoms with Gasteiger partial charge in [-0.05, 0) is 36.6 Å². The normalized spacial score (nSPS) is 11.3. The van der Waals surface area contributed by atoms with Gasteiger partial charge in [0.25, 0.3) is 0 Å². The maximum Gasteiger partial charge on any atom is 0.239 e. The van der Waals surface area contributed by atoms with Gasteiger partial charge in [0, 0.05) is 6.54 Å². The molecule has 3 nitrogen and oxygen atoms in total. The number of nitrogens with zero attached hydrogens (tertiary/aromatic N) is 1. The van der Waals surface area contributed by atoms with Gasteiger partial charge in [0.2, 0.25) is 10.0 Å². The first kappa shape index (κ1) is 15.6. The molecule has 21 heavy (non-hydrogen) atoms. The fourth-order valence-corrected chi connectivity index (χ4v) is 3.94. The molecule has 2 aromatic carbocycles. The molecule has 0 bridgehead atoms. The summed E-state index contributed by atoms with van der Waals surface area (Å²) in [6, 6.07) is 16.9. The van der Waals surface area contributed by atoms with Crippen LogP contribution < -0.4 is 4.31 Å². The molecule has 0 atom stereocenters. The highest BCUT2D eigenvalue weighted by atomic mass is 32.2. The number of hydrogen-bond donors (Lipinski definition) is 0. The van der Waals surface area contributed by atoms with Crippen molar-refractivity contribution < 1.29 is 8.42 Å². The smallest absolute Gasteiger partial charge is 0.239 e. The molecule has 0 unspecified atom stereocenters. The van der Waals surface area contributed by atoms with E-state index in [9.17, 15) is 8.42 Å². The topological polar surface area (TPSA) is 37.4 Å². The van der Waals surface area contributed by atoms with Crippen molar-refractivity contribution in [2.24, 2.45) is 0 Å². The molecule has 0 heterocycles. The third-order valence-corrected chi connectivity index (χ3v) is 5.01. The van der Waals surface area contributed by atoms with Crippen molar-refractivity contribution in [1.82, 2.24) is 0 Å². The molecule has 0 aliphatic heterocycles. The third-order valence-electron chi connectivity index (χ3n) is 3.24. The summed E-state index contributed by atoms with van der Waals surface area (Å²) in [7, 11) is -3.37. The van der Waals surface area contributed by atoms with Crippen molar-refractivity contribution >= 4 is 15.7 Å². The minimum absolute atomic E-state index is 0.0295. The summed E-state index contributed by atoms with van der Waals surface area (Å²) in [5, 5.41) is 0. The van der Waals surface area contributed by atoms with Gasteiger partial charge in [0.05, 0.1) is 11.4 Å². The van der Waals surface area contributed by atoms with Crippen LogP contribution in [0.4, 0.5) is 5.69 Å². The summed E-state index contributed by atoms with van der Waals surface area (Å²) >= 11 is 0. The van der Waals surface area contributed by atoms with Crippen LogP contribution in [-0.4, -0.2) is 15.0 Å². The average molecular weight is 303 g/mol. The molecule has 4 heteroatoms. The predicted molar refractivity (Wildman–Crippen MR) is 87.9 cm³/mol. The van der Waals surface area contributed by atoms with Crippen molar-refractivity contribution in [3.63, 3.8) is 0 Å². The largest absolute Gasteiger partial charge is 0.270 e. The molecular weight excluding hydrogens is 282 g/mol. The number of sulfonamides is 1. The number of benzene rings is 2. The van der Waals surface area contributed by atoms with E-state index in [1.165, 1.54) is 4.31 Å². The van der Waals surface area contributed by atoms with Crippen LogP contribution in [0.5, 0.6) is 0 Å². The monoisotopic (exact) mass is 303 g/mol. The quantitative estimate of drug-likeness (QED) is 0.815. The Morgan fingerprint density at radius 3 is 2.33 bits per heavy atom. The van der Waals surface area contributed by atoms with E-state index in [0.717, 1.165) is 23.2 Å². The van der Waals surface area contributed by atoms with Gasteiger partial charge in [0.1, 0.15) is 0 Å². The average Bonchev–Trinajstić information content (AvgIpc) is 2.45. The Balaban J connectivity index is 2.32. The van der Waals surface area contributed by atoms with Gasteiger partial charge in [-0.25, -0.2) is 8.42 Å². The van der Waals surface area contributed by atoms with Crippen LogP contribution in [0.25, 0.3) is 0 Å². The molecule has 0 aliphatic rings. The van der Waals surface area contributed by atoms with E-state index in [2.05, 4.69) is 0 Å². The molecule has 112 valence electrons. The Morgan fingerprint density at radius 1 is 1.00 bits per heavy atom. The Bertz CT molecular complexity index is 681. The molecule has 0 aromatic heterocycles. The highest BCUT2D eigenvalue weighted by Gasteiger charge is 2.22. The van der Waals surface area contributed by atoms with Gasteiger partial charge < -0.3 is 0 Å². The maximum atomic E-state index is 12.7. The van der Waals surface area contributed by atoms with Gasteiger partial charge >= 0.3 is 0 Å². The standard InChI is InChI=1S/C17H21NO2S/c1-3-12-18(17-11-7-8-15(2)13-17)21(19,20)14-16-9-5-4-6-10-16/h4-11,13H,3,12,14H2,1-2H3. The fraction of sp³-hybridized carbons (Fsp3) is 0.294. The van der Waals surface area contributed by atoms with E-state index in [0.29, 0.717) is 6.54 Å². The van der Waals surface area contributed by atoms with Crippen LogP contribution in [-0.2, 0) is 15.8 Å². The lowest BCUT2D eigenvalue weighted by atomic mass is 10.2. The molecule has 0 aliphatic carbocycles. The molecule has 0 saturated heterocycles. The van der Waals surface area contributed by atoms with Crippen LogP contribution in [0.3, 0.4) is 0 Å². The van der Waals surface area contributed by atoms with Gasteiger partial charge in [-0.2, -0.15) is 0 Å². The molecular formula is C17H21NO2S. The Kier molecular flexibility index (Phi) is 5.02. The summed E-state index contributed by atoms with van der Waals surface area (Å²) in [4.78, 5) is 0. The summed E-state index contributed by atoms with van der Waals surface area (Å²) in [5.41, 5.74) is 2.61. The van der Waals surface area contributed by atoms with Crippen LogP contribution in [0, 0.1) is 6.92 Å². The number of hydrogen-bond acceptors (Lipinski definition) is 2. The molecule has 0 radical (unpaired) electrons. The van der Waals surface area contributed by atoms with Gasteiger partial charge in [-0.1, -0.05) is 49.4 Å². The van der Waals surface area contributed by atoms with E-state index in [1.807, 2.05) is 68.4 Å². The van der Waals surface area contributed by atoms with Crippen LogP contribution in [0.1, 0.15) is 24.5 Å². The van der Waals surface area contributed by atoms with E-state index in [1.54, 1.807) is 0 Å². The van der Waals surface area contributed by atoms with Gasteiger partial charge in [-0.3, -0.25) is 4.31 Å². The minimum Gasteiger partial charge on any atom is -0.270 e. The van der Waals surface area contributed by atoms with E-state index < -0.39 is 10.0 Å². The molecule has 0 saturated carbocycles. The zero-order valence-electron chi connectivity index (χ0n) is 12.5. The summed E-state index contributed by atoms with van der Waals surface area (Å²) in [6.07, 6.45) is 0.780. The second kappa shape index (κ2) is 6.76. The van der Waals surface area contributed by atoms with Crippen molar-refractivity contribution in [2.75, 3.05) is 10.8 Å². The maximum absolute atomic E-state index is 12.7. The van der Waals surface area contributed by atoms with Crippen molar-refractivity contribution in [2.45, 2.75) is 26.0 Å². The van der Waals surface area contributed by atoms with Crippen LogP contribution >= 0.6 is 0 Å². The van der Waals surface area contributed by atoms with Crippen molar-refractivity contribution in [3.8, 4) is 0 Å². The molecule has 2 aromatic rings. The molecule has 0 fully saturated rings. The van der Waals surface area contributed by atoms with E-state index in [4.69, 9.17) is 0 Å². The van der Waals surface area contributed by atoms with Crippen molar-refractivity contribution in [3.05, 3.63) is 65.7 Å². The second-order valence-electron chi connectivity index (χ2n) is 5.15. The molecule has 0 N–H and O–H groups in total. The molecule has 0 amide bonds. The van der Waals surface area contributed by atoms with Crippen molar-refractivity contribution in [1.29, 1.82) is 0 Å². The lowest BCUT2D eigenvalue weighted by molar-refractivity contribution is 0.589. The first-order valence-electron chi connectivity index (χ1n) is 7.14. The minimum atomic E-state index is -3.37. The van der Waals surface area contributed by atoms with E-state index >= 15 is 0 Å². The first-order chi connectivity index (χ1) is 10.0. The first-order valence-corrected chi connectivity index (χ1v) is 8.75. The summed E-state index contributed by atoms with van der Waals surface area (Å²) in [6.45, 7) is 4.46. The Morgan fingerprint density at radius 2 is 1.71 bits per heavy atom. The SMILES string of the molecule is CCCN(c1cccc(C)c1)S(=O)(=O)Cc1ccccc1. The fourth-order valence-electron chi connectivity index (χ4n) is 2.28. The molecule has 0 spiro atoms. The highest BCUT2D eigenvalue weighted by molar-refractivity contribution is 7.92. The lowest BCUT2D eigenvalue weighted by Gasteiger charge is -2.24. The zero-order chi connectivity index (χ0) is 15.3. The van der Waals surface area contributed by atoms with Crippen LogP contribution in [0.2, 0.25) is 0 Å². The van der Waals surface area contributed by atoms with Gasteiger partial charge in [0.15, 0.2) is 0 Å². The number of aryl methyl sites for hydroxylation is 1. The number of rotatable bonds is 6. The van der Waals surface area contributed by atoms with Gasteiger partial charge in [-0.15, -0.1) is 0 Å². The predicted octanol–water partition coefficient (Wildman–Crippen LogP) is 3.74. The van der Waals surface area contributed by atoms with E-state index in [-0.39, 0.29) is 5.75 Å². The third kappa shape index (κ3) is 4.08. The Labute approximate surface area is 127 Å². The zero-order valence-corrected chi connectivity index (χ0v) is 13.3. The van der Waals surface area contributed by atoms with Crippen LogP contribution in [0.15, 0.2) is 54.6 Å². The summed E-state index contributed by atoms with van der Waals surface area (Å²) in [5.74, 6) is 0.0295. The number of anilines is 1.